The maximum atomic E-state index is 13.1. The van der Waals surface area contributed by atoms with Gasteiger partial charge in [0.05, 0.1) is 5.56 Å². The first-order chi connectivity index (χ1) is 7.58. The van der Waals surface area contributed by atoms with Gasteiger partial charge in [0.2, 0.25) is 0 Å². The van der Waals surface area contributed by atoms with Crippen molar-refractivity contribution in [3.63, 3.8) is 0 Å². The third kappa shape index (κ3) is 1.82. The van der Waals surface area contributed by atoms with Crippen LogP contribution in [0.3, 0.4) is 0 Å². The van der Waals surface area contributed by atoms with Crippen molar-refractivity contribution in [1.29, 1.82) is 0 Å². The Hall–Kier alpha value is -1.10. The molecule has 1 aliphatic rings. The zero-order chi connectivity index (χ0) is 13.1. The van der Waals surface area contributed by atoms with Crippen molar-refractivity contribution in [3.05, 3.63) is 35.1 Å². The minimum Gasteiger partial charge on any atom is -0.321 e. The Bertz CT molecular complexity index is 464. The van der Waals surface area contributed by atoms with Gasteiger partial charge in [0.25, 0.3) is 0 Å². The Morgan fingerprint density at radius 1 is 1.24 bits per heavy atom. The maximum absolute atomic E-state index is 13.1. The van der Waals surface area contributed by atoms with Gasteiger partial charge in [-0.1, -0.05) is 19.9 Å². The maximum Gasteiger partial charge on any atom is 0.419 e. The van der Waals surface area contributed by atoms with Crippen LogP contribution in [-0.4, -0.2) is 0 Å². The monoisotopic (exact) mass is 247 g/mol. The molecule has 1 saturated carbocycles. The van der Waals surface area contributed by atoms with Crippen LogP contribution in [0.25, 0.3) is 0 Å². The molecule has 0 aromatic heterocycles. The molecule has 1 aromatic rings. The Morgan fingerprint density at radius 2 is 1.76 bits per heavy atom. The Labute approximate surface area is 96.6 Å². The van der Waals surface area contributed by atoms with Gasteiger partial charge in [-0.15, -0.1) is 0 Å². The fourth-order valence-electron chi connectivity index (χ4n) is 2.17. The van der Waals surface area contributed by atoms with Crippen LogP contribution in [-0.2, 0) is 11.7 Å². The summed E-state index contributed by atoms with van der Waals surface area (Å²) < 4.78 is 50.8. The van der Waals surface area contributed by atoms with Gasteiger partial charge in [-0.2, -0.15) is 13.2 Å². The summed E-state index contributed by atoms with van der Waals surface area (Å²) in [5.74, 6) is -1.26. The number of alkyl halides is 3. The molecule has 0 amide bonds. The van der Waals surface area contributed by atoms with Crippen LogP contribution in [0.15, 0.2) is 18.2 Å². The predicted octanol–water partition coefficient (Wildman–Crippen LogP) is 3.43. The third-order valence-corrected chi connectivity index (χ3v) is 3.59. The van der Waals surface area contributed by atoms with Crippen LogP contribution in [0, 0.1) is 11.2 Å². The van der Waals surface area contributed by atoms with E-state index in [1.165, 1.54) is 6.07 Å². The average Bonchev–Trinajstić information content (AvgIpc) is 2.65. The van der Waals surface area contributed by atoms with Crippen molar-refractivity contribution in [3.8, 4) is 0 Å². The second kappa shape index (κ2) is 3.22. The molecule has 1 aliphatic carbocycles. The second-order valence-corrected chi connectivity index (χ2v) is 5.22. The van der Waals surface area contributed by atoms with Gasteiger partial charge >= 0.3 is 6.18 Å². The lowest BCUT2D eigenvalue weighted by Crippen LogP contribution is -2.26. The molecule has 0 saturated heterocycles. The highest BCUT2D eigenvalue weighted by molar-refractivity contribution is 5.39. The highest BCUT2D eigenvalue weighted by Gasteiger charge is 2.59. The molecule has 0 radical (unpaired) electrons. The molecule has 1 nitrogen and oxygen atoms in total. The van der Waals surface area contributed by atoms with E-state index in [2.05, 4.69) is 0 Å². The number of rotatable bonds is 1. The number of benzene rings is 1. The molecule has 1 fully saturated rings. The lowest BCUT2D eigenvalue weighted by atomic mass is 9.95. The third-order valence-electron chi connectivity index (χ3n) is 3.59. The second-order valence-electron chi connectivity index (χ2n) is 5.22. The molecule has 17 heavy (non-hydrogen) atoms. The van der Waals surface area contributed by atoms with Crippen LogP contribution in [0.1, 0.15) is 31.4 Å². The van der Waals surface area contributed by atoms with E-state index in [1.54, 1.807) is 0 Å². The van der Waals surface area contributed by atoms with Crippen molar-refractivity contribution in [1.82, 2.24) is 0 Å². The highest BCUT2D eigenvalue weighted by atomic mass is 19.4. The van der Waals surface area contributed by atoms with E-state index < -0.39 is 23.1 Å². The van der Waals surface area contributed by atoms with Gasteiger partial charge in [0.1, 0.15) is 5.82 Å². The van der Waals surface area contributed by atoms with Gasteiger partial charge in [0.15, 0.2) is 0 Å². The summed E-state index contributed by atoms with van der Waals surface area (Å²) in [6.07, 6.45) is -4.08. The summed E-state index contributed by atoms with van der Waals surface area (Å²) in [4.78, 5) is 0. The Balaban J connectivity index is 2.47. The van der Waals surface area contributed by atoms with Crippen LogP contribution in [0.2, 0.25) is 0 Å². The topological polar surface area (TPSA) is 26.0 Å². The molecule has 0 bridgehead atoms. The van der Waals surface area contributed by atoms with E-state index in [1.807, 2.05) is 13.8 Å². The largest absolute Gasteiger partial charge is 0.419 e. The first kappa shape index (κ1) is 12.4. The van der Waals surface area contributed by atoms with Gasteiger partial charge < -0.3 is 5.73 Å². The minimum atomic E-state index is -4.69. The van der Waals surface area contributed by atoms with Crippen LogP contribution in [0.5, 0.6) is 0 Å². The molecule has 0 heterocycles. The van der Waals surface area contributed by atoms with E-state index >= 15 is 0 Å². The zero-order valence-corrected chi connectivity index (χ0v) is 9.53. The molecule has 0 spiro atoms. The van der Waals surface area contributed by atoms with Gasteiger partial charge in [0, 0.05) is 5.54 Å². The molecule has 2 N–H and O–H groups in total. The summed E-state index contributed by atoms with van der Waals surface area (Å²) in [5, 5.41) is 0. The molecular weight excluding hydrogens is 234 g/mol. The van der Waals surface area contributed by atoms with Gasteiger partial charge in [-0.25, -0.2) is 4.39 Å². The van der Waals surface area contributed by atoms with E-state index in [0.29, 0.717) is 12.0 Å². The Morgan fingerprint density at radius 3 is 2.18 bits per heavy atom. The molecular formula is C12H13F4N. The molecule has 5 heteroatoms. The molecule has 1 unspecified atom stereocenters. The molecule has 1 aromatic carbocycles. The van der Waals surface area contributed by atoms with Crippen molar-refractivity contribution < 1.29 is 17.6 Å². The predicted molar refractivity (Wildman–Crippen MR) is 55.7 cm³/mol. The number of halogens is 4. The lowest BCUT2D eigenvalue weighted by Gasteiger charge is -2.17. The number of hydrogen-bond acceptors (Lipinski definition) is 1. The van der Waals surface area contributed by atoms with Crippen LogP contribution in [0.4, 0.5) is 17.6 Å². The fraction of sp³-hybridized carbons (Fsp3) is 0.500. The SMILES string of the molecule is CC1(C)CC1(N)c1ccc(F)c(C(F)(F)F)c1. The minimum absolute atomic E-state index is 0.242. The summed E-state index contributed by atoms with van der Waals surface area (Å²) in [6.45, 7) is 3.76. The quantitative estimate of drug-likeness (QED) is 0.756. The van der Waals surface area contributed by atoms with E-state index in [-0.39, 0.29) is 5.41 Å². The molecule has 0 aliphatic heterocycles. The van der Waals surface area contributed by atoms with Crippen LogP contribution >= 0.6 is 0 Å². The lowest BCUT2D eigenvalue weighted by molar-refractivity contribution is -0.140. The van der Waals surface area contributed by atoms with E-state index in [0.717, 1.165) is 12.1 Å². The van der Waals surface area contributed by atoms with Gasteiger partial charge in [-0.05, 0) is 29.5 Å². The van der Waals surface area contributed by atoms with Crippen LogP contribution < -0.4 is 5.73 Å². The highest BCUT2D eigenvalue weighted by Crippen LogP contribution is 2.60. The van der Waals surface area contributed by atoms with Crippen molar-refractivity contribution in [2.75, 3.05) is 0 Å². The first-order valence-corrected chi connectivity index (χ1v) is 5.24. The van der Waals surface area contributed by atoms with Crippen molar-refractivity contribution >= 4 is 0 Å². The van der Waals surface area contributed by atoms with Crippen molar-refractivity contribution in [2.24, 2.45) is 11.1 Å². The van der Waals surface area contributed by atoms with Gasteiger partial charge in [-0.3, -0.25) is 0 Å². The molecule has 94 valence electrons. The zero-order valence-electron chi connectivity index (χ0n) is 9.53. The average molecular weight is 247 g/mol. The summed E-state index contributed by atoms with van der Waals surface area (Å²) in [7, 11) is 0. The van der Waals surface area contributed by atoms with E-state index in [9.17, 15) is 17.6 Å². The standard InChI is InChI=1S/C12H13F4N/c1-10(2)6-11(10,17)7-3-4-9(13)8(5-7)12(14,15)16/h3-5H,6,17H2,1-2H3. The van der Waals surface area contributed by atoms with E-state index in [4.69, 9.17) is 5.73 Å². The first-order valence-electron chi connectivity index (χ1n) is 5.24. The Kier molecular flexibility index (Phi) is 2.34. The van der Waals surface area contributed by atoms with Crippen molar-refractivity contribution in [2.45, 2.75) is 32.0 Å². The fourth-order valence-corrected chi connectivity index (χ4v) is 2.17. The number of nitrogens with two attached hydrogens (primary N) is 1. The summed E-state index contributed by atoms with van der Waals surface area (Å²) >= 11 is 0. The smallest absolute Gasteiger partial charge is 0.321 e. The normalized spacial score (nSPS) is 27.0. The summed E-state index contributed by atoms with van der Waals surface area (Å²) in [5.41, 5.74) is 4.09. The number of hydrogen-bond donors (Lipinski definition) is 1. The molecule has 2 rings (SSSR count). The summed E-state index contributed by atoms with van der Waals surface area (Å²) in [6, 6.07) is 2.99. The molecule has 1 atom stereocenters.